The van der Waals surface area contributed by atoms with E-state index < -0.39 is 5.97 Å². The van der Waals surface area contributed by atoms with Gasteiger partial charge in [0.1, 0.15) is 13.2 Å². The summed E-state index contributed by atoms with van der Waals surface area (Å²) in [4.78, 5) is 55.3. The second-order valence-electron chi connectivity index (χ2n) is 7.72. The smallest absolute Gasteiger partial charge is 0.361 e. The van der Waals surface area contributed by atoms with Gasteiger partial charge in [-0.3, -0.25) is 9.59 Å². The van der Waals surface area contributed by atoms with Gasteiger partial charge in [-0.25, -0.2) is 14.4 Å². The van der Waals surface area contributed by atoms with Crippen molar-refractivity contribution in [1.29, 1.82) is 0 Å². The van der Waals surface area contributed by atoms with Crippen molar-refractivity contribution in [1.82, 2.24) is 10.6 Å². The molecule has 0 heterocycles. The molecule has 0 aliphatic heterocycles. The minimum Gasteiger partial charge on any atom is -0.465 e. The Hall–Kier alpha value is -2.29. The normalized spacial score (nSPS) is 12.5. The maximum atomic E-state index is 11.5. The van der Waals surface area contributed by atoms with Gasteiger partial charge in [-0.05, 0) is 6.92 Å². The summed E-state index contributed by atoms with van der Waals surface area (Å²) < 4.78 is 14.5. The van der Waals surface area contributed by atoms with E-state index in [1.54, 1.807) is 28.6 Å². The fraction of sp³-hybridized carbons (Fsp3) is 0.682. The molecule has 2 amide bonds. The molecule has 0 aromatic carbocycles. The lowest BCUT2D eigenvalue weighted by molar-refractivity contribution is -0.900. The summed E-state index contributed by atoms with van der Waals surface area (Å²) >= 11 is 0. The topological polar surface area (TPSA) is 142 Å². The minimum absolute atomic E-state index is 0.0837. The summed E-state index contributed by atoms with van der Waals surface area (Å²) in [6.07, 6.45) is 1.80. The molecule has 3 N–H and O–H groups in total. The average Bonchev–Trinajstić information content (AvgIpc) is 2.85. The third kappa shape index (κ3) is 22.2. The third-order valence-electron chi connectivity index (χ3n) is 4.68. The molecule has 0 aliphatic carbocycles. The van der Waals surface area contributed by atoms with E-state index in [-0.39, 0.29) is 44.1 Å². The molecule has 0 fully saturated rings. The Morgan fingerprint density at radius 2 is 1.64 bits per heavy atom. The highest BCUT2D eigenvalue weighted by Gasteiger charge is 2.24. The van der Waals surface area contributed by atoms with E-state index in [1.807, 2.05) is 14.0 Å². The highest BCUT2D eigenvalue weighted by Crippen LogP contribution is 2.19. The van der Waals surface area contributed by atoms with Crippen LogP contribution in [-0.4, -0.2) is 127 Å². The van der Waals surface area contributed by atoms with Gasteiger partial charge in [0.25, 0.3) is 5.91 Å². The van der Waals surface area contributed by atoms with Gasteiger partial charge in [-0.15, -0.1) is 0 Å². The molecule has 0 saturated heterocycles. The Morgan fingerprint density at radius 1 is 1.03 bits per heavy atom. The fourth-order valence-corrected chi connectivity index (χ4v) is 4.21. The van der Waals surface area contributed by atoms with Crippen molar-refractivity contribution < 1.29 is 47.6 Å². The molecule has 0 rings (SSSR count). The number of ether oxygens (including phenoxy) is 3. The van der Waals surface area contributed by atoms with Crippen LogP contribution in [0.15, 0.2) is 12.7 Å². The van der Waals surface area contributed by atoms with Crippen molar-refractivity contribution >= 4 is 51.8 Å². The van der Waals surface area contributed by atoms with E-state index >= 15 is 0 Å². The van der Waals surface area contributed by atoms with Crippen molar-refractivity contribution in [3.8, 4) is 0 Å². The van der Waals surface area contributed by atoms with Gasteiger partial charge in [-0.2, -0.15) is 0 Å². The van der Waals surface area contributed by atoms with Crippen LogP contribution in [0.2, 0.25) is 0 Å². The zero-order valence-electron chi connectivity index (χ0n) is 22.0. The Bertz CT molecular complexity index is 684. The molecule has 0 saturated carbocycles. The van der Waals surface area contributed by atoms with Gasteiger partial charge >= 0.3 is 17.9 Å². The van der Waals surface area contributed by atoms with Crippen molar-refractivity contribution in [2.45, 2.75) is 6.92 Å². The van der Waals surface area contributed by atoms with Gasteiger partial charge in [0.05, 0.1) is 34.9 Å². The van der Waals surface area contributed by atoms with Gasteiger partial charge in [0.15, 0.2) is 19.6 Å². The predicted octanol–water partition coefficient (Wildman–Crippen LogP) is -1.73. The Morgan fingerprint density at radius 3 is 2.17 bits per heavy atom. The van der Waals surface area contributed by atoms with Crippen molar-refractivity contribution in [2.75, 3.05) is 92.2 Å². The molecule has 0 bridgehead atoms. The zero-order valence-corrected chi connectivity index (χ0v) is 23.6. The molecule has 0 aromatic heterocycles. The van der Waals surface area contributed by atoms with Crippen LogP contribution in [-0.2, 0) is 38.2 Å². The van der Waals surface area contributed by atoms with Gasteiger partial charge in [-0.1, -0.05) is 28.2 Å². The Balaban J connectivity index is 0. The van der Waals surface area contributed by atoms with E-state index in [2.05, 4.69) is 26.7 Å². The van der Waals surface area contributed by atoms with Crippen molar-refractivity contribution in [2.24, 2.45) is 0 Å². The summed E-state index contributed by atoms with van der Waals surface area (Å²) in [6.45, 7) is 8.82. The molecule has 2 unspecified atom stereocenters. The van der Waals surface area contributed by atoms with Crippen molar-refractivity contribution in [3.05, 3.63) is 12.7 Å². The molecule has 12 nitrogen and oxygen atoms in total. The summed E-state index contributed by atoms with van der Waals surface area (Å²) in [5.41, 5.74) is 0. The first-order valence-electron chi connectivity index (χ1n) is 11.3. The first-order chi connectivity index (χ1) is 17.1. The summed E-state index contributed by atoms with van der Waals surface area (Å²) in [5, 5.41) is 5.36. The maximum absolute atomic E-state index is 11.5. The Kier molecular flexibility index (Phi) is 23.0. The lowest BCUT2D eigenvalue weighted by Gasteiger charge is -2.31. The number of nitrogens with one attached hydrogen (secondary N) is 3. The molecule has 0 radical (unpaired) electrons. The first kappa shape index (κ1) is 35.9. The fourth-order valence-electron chi connectivity index (χ4n) is 2.38. The molecule has 14 heteroatoms. The molecule has 0 spiro atoms. The van der Waals surface area contributed by atoms with Crippen LogP contribution in [0.4, 0.5) is 0 Å². The predicted molar refractivity (Wildman–Crippen MR) is 140 cm³/mol. The van der Waals surface area contributed by atoms with Crippen LogP contribution in [0.25, 0.3) is 0 Å². The highest BCUT2D eigenvalue weighted by atomic mass is 33.1. The molecule has 36 heavy (non-hydrogen) atoms. The molecule has 2 atom stereocenters. The number of amides is 2. The zero-order chi connectivity index (χ0) is 27.8. The van der Waals surface area contributed by atoms with E-state index in [4.69, 9.17) is 4.74 Å². The van der Waals surface area contributed by atoms with Crippen LogP contribution >= 0.6 is 21.6 Å². The second kappa shape index (κ2) is 23.1. The summed E-state index contributed by atoms with van der Waals surface area (Å²) in [6, 6.07) is 0. The number of rotatable bonds is 19. The van der Waals surface area contributed by atoms with Gasteiger partial charge < -0.3 is 34.2 Å². The minimum atomic E-state index is -0.444. The first-order valence-corrected chi connectivity index (χ1v) is 13.8. The van der Waals surface area contributed by atoms with Crippen LogP contribution in [0.3, 0.4) is 0 Å². The van der Waals surface area contributed by atoms with E-state index in [0.717, 1.165) is 29.0 Å². The van der Waals surface area contributed by atoms with E-state index in [9.17, 15) is 24.0 Å². The highest BCUT2D eigenvalue weighted by molar-refractivity contribution is 8.76. The van der Waals surface area contributed by atoms with Crippen molar-refractivity contribution in [3.63, 3.8) is 0 Å². The molecule has 208 valence electrons. The van der Waals surface area contributed by atoms with Crippen LogP contribution in [0.5, 0.6) is 0 Å². The molecule has 0 aromatic rings. The number of methoxy groups -OCH3 is 2. The Labute approximate surface area is 221 Å². The van der Waals surface area contributed by atoms with Crippen LogP contribution in [0.1, 0.15) is 6.92 Å². The van der Waals surface area contributed by atoms with E-state index in [0.29, 0.717) is 30.5 Å². The molecule has 0 aliphatic rings. The molecular weight excluding hydrogens is 512 g/mol. The average molecular weight is 555 g/mol. The number of quaternary nitrogens is 2. The lowest BCUT2D eigenvalue weighted by atomic mass is 10.4. The van der Waals surface area contributed by atoms with Crippen LogP contribution in [0, 0.1) is 0 Å². The number of nitrogens with zero attached hydrogens (tertiary/aromatic N) is 1. The maximum Gasteiger partial charge on any atom is 0.361 e. The van der Waals surface area contributed by atoms with Gasteiger partial charge in [0.2, 0.25) is 6.41 Å². The lowest BCUT2D eigenvalue weighted by Crippen LogP contribution is -3.11. The number of carbonyl (C=O) groups is 5. The van der Waals surface area contributed by atoms with E-state index in [1.165, 1.54) is 14.2 Å². The number of carbonyl (C=O) groups excluding carboxylic acids is 5. The monoisotopic (exact) mass is 554 g/mol. The number of hydrogen-bond donors (Lipinski definition) is 3. The number of likely N-dealkylation sites (N-methyl/N-ethyl adjacent to an activating group) is 2. The largest absolute Gasteiger partial charge is 0.465 e. The second-order valence-corrected chi connectivity index (χ2v) is 10.4. The van der Waals surface area contributed by atoms with Gasteiger partial charge in [0, 0.05) is 30.7 Å². The SMILES string of the molecule is C=CC(=O)OCC[N+](C)(CC)CC(=O)OC.COC(=O)C[NH+](C)CC(=O)NCCSSCCNC=O. The quantitative estimate of drug-likeness (QED) is 0.0321. The van der Waals surface area contributed by atoms with Crippen LogP contribution < -0.4 is 15.5 Å². The molecular formula is C22H42N4O8S2+2. The standard InChI is InChI=1S/C11H21N3O4S2.C11H20NO4/c1-14(8-11(17)18-2)7-10(16)13-4-6-20-19-5-3-12-9-15;1-5-10(13)16-8-7-12(3,6-2)9-11(14)15-4/h9H,3-8H2,1-2H3,(H,12,15)(H,13,16);5H,1,6-9H2,2-4H3/q;+1/p+1. The summed E-state index contributed by atoms with van der Waals surface area (Å²) in [5.74, 6) is 0.516. The summed E-state index contributed by atoms with van der Waals surface area (Å²) in [7, 11) is 9.66. The number of hydrogen-bond acceptors (Lipinski definition) is 10. The number of esters is 3. The third-order valence-corrected chi connectivity index (χ3v) is 7.09.